The second-order valence-corrected chi connectivity index (χ2v) is 9.20. The average molecular weight is 531 g/mol. The Kier molecular flexibility index (Phi) is 7.30. The van der Waals surface area contributed by atoms with E-state index in [9.17, 15) is 14.7 Å². The Hall–Kier alpha value is -4.68. The number of aromatic nitrogens is 4. The molecule has 0 saturated carbocycles. The van der Waals surface area contributed by atoms with Gasteiger partial charge in [-0.3, -0.25) is 14.2 Å². The van der Waals surface area contributed by atoms with Gasteiger partial charge in [0, 0.05) is 43.6 Å². The highest BCUT2D eigenvalue weighted by molar-refractivity contribution is 5.75. The number of aliphatic hydroxyl groups is 1. The Balaban J connectivity index is 1.51. The molecule has 1 atom stereocenters. The number of benzene rings is 2. The van der Waals surface area contributed by atoms with Crippen molar-refractivity contribution in [2.45, 2.75) is 6.23 Å². The summed E-state index contributed by atoms with van der Waals surface area (Å²) in [5.74, 6) is 0.832. The summed E-state index contributed by atoms with van der Waals surface area (Å²) in [6, 6.07) is 12.6. The van der Waals surface area contributed by atoms with Crippen molar-refractivity contribution in [3.63, 3.8) is 0 Å². The zero-order chi connectivity index (χ0) is 27.5. The van der Waals surface area contributed by atoms with Crippen LogP contribution in [-0.4, -0.2) is 76.1 Å². The molecule has 1 saturated heterocycles. The van der Waals surface area contributed by atoms with E-state index in [4.69, 9.17) is 4.74 Å². The summed E-state index contributed by atoms with van der Waals surface area (Å²) in [6.45, 7) is 7.38. The molecule has 3 heterocycles. The quantitative estimate of drug-likeness (QED) is 0.152. The number of piperazine rings is 1. The third-order valence-corrected chi connectivity index (χ3v) is 6.57. The number of hydrogen-bond acceptors (Lipinski definition) is 10. The van der Waals surface area contributed by atoms with Crippen molar-refractivity contribution in [2.24, 2.45) is 0 Å². The molecular formula is C27H30N8O4. The number of nitrogens with zero attached hydrogens (tertiary/aromatic N) is 5. The van der Waals surface area contributed by atoms with Gasteiger partial charge in [-0.1, -0.05) is 12.6 Å². The van der Waals surface area contributed by atoms with E-state index < -0.39 is 17.3 Å². The smallest absolute Gasteiger partial charge is 0.322 e. The molecule has 0 amide bonds. The molecule has 39 heavy (non-hydrogen) atoms. The van der Waals surface area contributed by atoms with Crippen molar-refractivity contribution >= 4 is 34.2 Å². The Morgan fingerprint density at radius 1 is 1.13 bits per heavy atom. The van der Waals surface area contributed by atoms with Crippen LogP contribution in [0.3, 0.4) is 0 Å². The van der Waals surface area contributed by atoms with Gasteiger partial charge in [-0.25, -0.2) is 4.98 Å². The molecule has 0 bridgehead atoms. The lowest BCUT2D eigenvalue weighted by Gasteiger charge is -2.34. The van der Waals surface area contributed by atoms with E-state index in [1.54, 1.807) is 31.4 Å². The lowest BCUT2D eigenvalue weighted by atomic mass is 10.2. The second kappa shape index (κ2) is 11.0. The monoisotopic (exact) mass is 530 g/mol. The Morgan fingerprint density at radius 3 is 2.67 bits per heavy atom. The maximum Gasteiger partial charge on any atom is 0.322 e. The van der Waals surface area contributed by atoms with Gasteiger partial charge in [-0.2, -0.15) is 4.98 Å². The fourth-order valence-corrected chi connectivity index (χ4v) is 4.43. The van der Waals surface area contributed by atoms with E-state index in [0.29, 0.717) is 22.8 Å². The number of fused-ring (bicyclic) bond motifs is 1. The second-order valence-electron chi connectivity index (χ2n) is 9.20. The number of H-pyrrole nitrogens is 1. The average Bonchev–Trinajstić information content (AvgIpc) is 2.94. The first-order valence-corrected chi connectivity index (χ1v) is 12.4. The molecule has 0 radical (unpaired) electrons. The lowest BCUT2D eigenvalue weighted by Crippen LogP contribution is -2.44. The van der Waals surface area contributed by atoms with Crippen LogP contribution < -0.4 is 31.4 Å². The van der Waals surface area contributed by atoms with E-state index in [1.165, 1.54) is 16.8 Å². The Bertz CT molecular complexity index is 1620. The molecular weight excluding hydrogens is 500 g/mol. The summed E-state index contributed by atoms with van der Waals surface area (Å²) in [7, 11) is 3.72. The van der Waals surface area contributed by atoms with Crippen molar-refractivity contribution in [2.75, 3.05) is 55.9 Å². The molecule has 202 valence electrons. The molecule has 1 aliphatic rings. The van der Waals surface area contributed by atoms with E-state index in [-0.39, 0.29) is 17.1 Å². The minimum atomic E-state index is -0.983. The molecule has 1 aliphatic heterocycles. The topological polar surface area (TPSA) is 141 Å². The Labute approximate surface area is 224 Å². The predicted octanol–water partition coefficient (Wildman–Crippen LogP) is 1.89. The van der Waals surface area contributed by atoms with E-state index in [2.05, 4.69) is 49.0 Å². The molecule has 5 rings (SSSR count). The molecule has 4 N–H and O–H groups in total. The van der Waals surface area contributed by atoms with Gasteiger partial charge >= 0.3 is 11.1 Å². The molecule has 12 nitrogen and oxygen atoms in total. The first kappa shape index (κ1) is 25.9. The number of likely N-dealkylation sites (N-methyl/N-ethyl adjacent to an activating group) is 1. The summed E-state index contributed by atoms with van der Waals surface area (Å²) in [5, 5.41) is 15.9. The first-order chi connectivity index (χ1) is 18.9. The summed E-state index contributed by atoms with van der Waals surface area (Å²) in [6.07, 6.45) is 1.79. The van der Waals surface area contributed by atoms with Gasteiger partial charge in [0.15, 0.2) is 5.65 Å². The minimum absolute atomic E-state index is 0.201. The van der Waals surface area contributed by atoms with Crippen LogP contribution in [0.2, 0.25) is 0 Å². The number of rotatable bonds is 8. The first-order valence-electron chi connectivity index (χ1n) is 12.4. The molecule has 2 aromatic carbocycles. The Morgan fingerprint density at radius 2 is 1.92 bits per heavy atom. The number of ether oxygens (including phenoxy) is 1. The van der Waals surface area contributed by atoms with Crippen molar-refractivity contribution in [3.05, 3.63) is 82.0 Å². The molecule has 2 aromatic heterocycles. The summed E-state index contributed by atoms with van der Waals surface area (Å²) >= 11 is 0. The van der Waals surface area contributed by atoms with Crippen molar-refractivity contribution in [3.8, 4) is 11.4 Å². The van der Waals surface area contributed by atoms with Gasteiger partial charge in [0.2, 0.25) is 5.95 Å². The zero-order valence-corrected chi connectivity index (χ0v) is 21.7. The van der Waals surface area contributed by atoms with Crippen LogP contribution in [0.15, 0.2) is 70.9 Å². The zero-order valence-electron chi connectivity index (χ0n) is 21.7. The number of aromatic amines is 1. The van der Waals surface area contributed by atoms with Crippen LogP contribution in [0.25, 0.3) is 16.9 Å². The highest BCUT2D eigenvalue weighted by Gasteiger charge is 2.17. The summed E-state index contributed by atoms with van der Waals surface area (Å²) in [4.78, 5) is 41.4. The van der Waals surface area contributed by atoms with Crippen LogP contribution in [0.1, 0.15) is 0 Å². The minimum Gasteiger partial charge on any atom is -0.494 e. The maximum atomic E-state index is 13.0. The fraction of sp³-hybridized carbons (Fsp3) is 0.259. The molecule has 12 heteroatoms. The molecule has 4 aromatic rings. The normalized spacial score (nSPS) is 14.7. The van der Waals surface area contributed by atoms with Gasteiger partial charge in [0.25, 0.3) is 0 Å². The highest BCUT2D eigenvalue weighted by Crippen LogP contribution is 2.32. The molecule has 0 aliphatic carbocycles. The van der Waals surface area contributed by atoms with E-state index in [1.807, 2.05) is 18.2 Å². The number of methoxy groups -OCH3 is 1. The number of anilines is 4. The molecule has 0 spiro atoms. The number of hydrogen-bond donors (Lipinski definition) is 4. The summed E-state index contributed by atoms with van der Waals surface area (Å²) in [5.41, 5.74) is 1.50. The third-order valence-electron chi connectivity index (χ3n) is 6.57. The van der Waals surface area contributed by atoms with Crippen LogP contribution >= 0.6 is 0 Å². The third kappa shape index (κ3) is 5.47. The van der Waals surface area contributed by atoms with Gasteiger partial charge in [-0.15, -0.1) is 0 Å². The van der Waals surface area contributed by atoms with Crippen LogP contribution in [0.5, 0.6) is 5.75 Å². The van der Waals surface area contributed by atoms with E-state index in [0.717, 1.165) is 31.9 Å². The SMILES string of the molecule is C=CC(O)Nc1cccc(-n2c(=O)c(=O)[nH]c3cnc(Nc4ccc(N5CCN(C)CC5)cc4OC)nc32)c1. The standard InChI is InChI=1S/C27H30N8O4/c1-4-23(36)29-17-6-5-7-19(14-17)35-24-21(30-25(37)26(35)38)16-28-27(32-24)31-20-9-8-18(15-22(20)39-3)34-12-10-33(2)11-13-34/h4-9,14-16,23,29,36H,1,10-13H2,2-3H3,(H,30,37)(H,28,31,32). The number of nitrogens with one attached hydrogen (secondary N) is 3. The fourth-order valence-electron chi connectivity index (χ4n) is 4.43. The maximum absolute atomic E-state index is 13.0. The van der Waals surface area contributed by atoms with Crippen LogP contribution in [0.4, 0.5) is 23.0 Å². The largest absolute Gasteiger partial charge is 0.494 e. The van der Waals surface area contributed by atoms with Gasteiger partial charge in [0.05, 0.1) is 24.7 Å². The van der Waals surface area contributed by atoms with Gasteiger partial charge in [-0.05, 0) is 43.5 Å². The van der Waals surface area contributed by atoms with Crippen molar-refractivity contribution in [1.29, 1.82) is 0 Å². The van der Waals surface area contributed by atoms with Crippen LogP contribution in [0, 0.1) is 0 Å². The van der Waals surface area contributed by atoms with Crippen molar-refractivity contribution < 1.29 is 9.84 Å². The van der Waals surface area contributed by atoms with Crippen molar-refractivity contribution in [1.82, 2.24) is 24.4 Å². The van der Waals surface area contributed by atoms with E-state index >= 15 is 0 Å². The highest BCUT2D eigenvalue weighted by atomic mass is 16.5. The van der Waals surface area contributed by atoms with Crippen LogP contribution in [-0.2, 0) is 0 Å². The van der Waals surface area contributed by atoms with Gasteiger partial charge in [0.1, 0.15) is 17.5 Å². The number of aliphatic hydroxyl groups excluding tert-OH is 1. The lowest BCUT2D eigenvalue weighted by molar-refractivity contribution is 0.253. The molecule has 1 unspecified atom stereocenters. The summed E-state index contributed by atoms with van der Waals surface area (Å²) < 4.78 is 6.86. The predicted molar refractivity (Wildman–Crippen MR) is 152 cm³/mol. The van der Waals surface area contributed by atoms with Gasteiger partial charge < -0.3 is 35.3 Å². The molecule has 1 fully saturated rings.